The van der Waals surface area contributed by atoms with E-state index in [2.05, 4.69) is 20.7 Å². The van der Waals surface area contributed by atoms with Crippen LogP contribution in [0.5, 0.6) is 0 Å². The molecule has 2 rings (SSSR count). The van der Waals surface area contributed by atoms with Gasteiger partial charge in [-0.15, -0.1) is 0 Å². The molecule has 0 aliphatic heterocycles. The standard InChI is InChI=1S/C13H14BrNO2S/c1-9(2)15-18(16,17)11-6-7-12-10(8-11)4-3-5-13(12)14/h3-9,15H,1-2H3. The molecular weight excluding hydrogens is 314 g/mol. The summed E-state index contributed by atoms with van der Waals surface area (Å²) in [6, 6.07) is 10.7. The number of hydrogen-bond donors (Lipinski definition) is 1. The third kappa shape index (κ3) is 2.74. The first-order valence-electron chi connectivity index (χ1n) is 5.61. The molecule has 5 heteroatoms. The van der Waals surface area contributed by atoms with Crippen molar-refractivity contribution in [2.24, 2.45) is 0 Å². The van der Waals surface area contributed by atoms with Gasteiger partial charge < -0.3 is 0 Å². The number of halogens is 1. The van der Waals surface area contributed by atoms with Gasteiger partial charge >= 0.3 is 0 Å². The number of hydrogen-bond acceptors (Lipinski definition) is 2. The Morgan fingerprint density at radius 1 is 1.17 bits per heavy atom. The number of rotatable bonds is 3. The molecule has 96 valence electrons. The third-order valence-electron chi connectivity index (χ3n) is 2.50. The molecule has 2 aromatic rings. The van der Waals surface area contributed by atoms with E-state index in [1.54, 1.807) is 26.0 Å². The summed E-state index contributed by atoms with van der Waals surface area (Å²) in [5, 5.41) is 1.90. The van der Waals surface area contributed by atoms with Crippen LogP contribution in [0.1, 0.15) is 13.8 Å². The Kier molecular flexibility index (Phi) is 3.75. The molecule has 1 N–H and O–H groups in total. The maximum absolute atomic E-state index is 12.0. The summed E-state index contributed by atoms with van der Waals surface area (Å²) in [4.78, 5) is 0.293. The summed E-state index contributed by atoms with van der Waals surface area (Å²) < 4.78 is 27.6. The van der Waals surface area contributed by atoms with E-state index in [4.69, 9.17) is 0 Å². The van der Waals surface area contributed by atoms with E-state index in [0.717, 1.165) is 15.2 Å². The van der Waals surface area contributed by atoms with Gasteiger partial charge in [0.15, 0.2) is 0 Å². The Morgan fingerprint density at radius 2 is 1.89 bits per heavy atom. The van der Waals surface area contributed by atoms with Crippen molar-refractivity contribution in [2.45, 2.75) is 24.8 Å². The van der Waals surface area contributed by atoms with Gasteiger partial charge in [0, 0.05) is 10.5 Å². The topological polar surface area (TPSA) is 46.2 Å². The molecule has 0 amide bonds. The molecule has 18 heavy (non-hydrogen) atoms. The monoisotopic (exact) mass is 327 g/mol. The largest absolute Gasteiger partial charge is 0.240 e. The summed E-state index contributed by atoms with van der Waals surface area (Å²) in [6.45, 7) is 3.60. The second kappa shape index (κ2) is 4.99. The molecule has 3 nitrogen and oxygen atoms in total. The summed E-state index contributed by atoms with van der Waals surface area (Å²) >= 11 is 3.45. The first-order valence-corrected chi connectivity index (χ1v) is 7.88. The predicted molar refractivity (Wildman–Crippen MR) is 77.1 cm³/mol. The highest BCUT2D eigenvalue weighted by atomic mass is 79.9. The van der Waals surface area contributed by atoms with Gasteiger partial charge in [0.2, 0.25) is 10.0 Å². The zero-order chi connectivity index (χ0) is 13.3. The highest BCUT2D eigenvalue weighted by Crippen LogP contribution is 2.26. The Balaban J connectivity index is 2.55. The van der Waals surface area contributed by atoms with Crippen molar-refractivity contribution >= 4 is 36.7 Å². The van der Waals surface area contributed by atoms with Crippen LogP contribution in [0.4, 0.5) is 0 Å². The average Bonchev–Trinajstić information content (AvgIpc) is 2.27. The molecule has 0 unspecified atom stereocenters. The summed E-state index contributed by atoms with van der Waals surface area (Å²) in [7, 11) is -3.43. The lowest BCUT2D eigenvalue weighted by Crippen LogP contribution is -2.30. The van der Waals surface area contributed by atoms with E-state index >= 15 is 0 Å². The van der Waals surface area contributed by atoms with Crippen LogP contribution in [0.3, 0.4) is 0 Å². The lowest BCUT2D eigenvalue weighted by molar-refractivity contribution is 0.570. The molecule has 0 saturated heterocycles. The number of benzene rings is 2. The summed E-state index contributed by atoms with van der Waals surface area (Å²) in [5.74, 6) is 0. The van der Waals surface area contributed by atoms with Gasteiger partial charge in [-0.1, -0.05) is 34.1 Å². The van der Waals surface area contributed by atoms with Crippen molar-refractivity contribution in [3.8, 4) is 0 Å². The molecule has 0 radical (unpaired) electrons. The third-order valence-corrected chi connectivity index (χ3v) is 4.85. The Hall–Kier alpha value is -0.910. The van der Waals surface area contributed by atoms with Crippen molar-refractivity contribution < 1.29 is 8.42 Å². The summed E-state index contributed by atoms with van der Waals surface area (Å²) in [5.41, 5.74) is 0. The van der Waals surface area contributed by atoms with Crippen molar-refractivity contribution in [2.75, 3.05) is 0 Å². The van der Waals surface area contributed by atoms with E-state index in [-0.39, 0.29) is 6.04 Å². The van der Waals surface area contributed by atoms with Crippen LogP contribution < -0.4 is 4.72 Å². The van der Waals surface area contributed by atoms with E-state index in [1.807, 2.05) is 24.3 Å². The number of sulfonamides is 1. The minimum atomic E-state index is -3.43. The average molecular weight is 328 g/mol. The molecule has 0 saturated carbocycles. The summed E-state index contributed by atoms with van der Waals surface area (Å²) in [6.07, 6.45) is 0. The smallest absolute Gasteiger partial charge is 0.209 e. The fourth-order valence-corrected chi connectivity index (χ4v) is 3.57. The number of nitrogens with one attached hydrogen (secondary N) is 1. The van der Waals surface area contributed by atoms with Gasteiger partial charge in [-0.25, -0.2) is 13.1 Å². The van der Waals surface area contributed by atoms with Gasteiger partial charge in [0.05, 0.1) is 4.90 Å². The van der Waals surface area contributed by atoms with Gasteiger partial charge in [0.25, 0.3) is 0 Å². The minimum Gasteiger partial charge on any atom is -0.209 e. The van der Waals surface area contributed by atoms with Gasteiger partial charge in [-0.2, -0.15) is 0 Å². The molecule has 0 fully saturated rings. The van der Waals surface area contributed by atoms with E-state index < -0.39 is 10.0 Å². The molecule has 0 aliphatic carbocycles. The van der Waals surface area contributed by atoms with Crippen molar-refractivity contribution in [3.05, 3.63) is 40.9 Å². The van der Waals surface area contributed by atoms with Crippen molar-refractivity contribution in [1.29, 1.82) is 0 Å². The van der Waals surface area contributed by atoms with E-state index in [1.165, 1.54) is 0 Å². The quantitative estimate of drug-likeness (QED) is 0.940. The number of fused-ring (bicyclic) bond motifs is 1. The van der Waals surface area contributed by atoms with Crippen LogP contribution in [-0.2, 0) is 10.0 Å². The second-order valence-corrected chi connectivity index (χ2v) is 6.97. The SMILES string of the molecule is CC(C)NS(=O)(=O)c1ccc2c(Br)cccc2c1. The lowest BCUT2D eigenvalue weighted by Gasteiger charge is -2.10. The molecule has 0 aliphatic rings. The van der Waals surface area contributed by atoms with Crippen LogP contribution in [0.2, 0.25) is 0 Å². The Bertz CT molecular complexity index is 680. The molecule has 2 aromatic carbocycles. The normalized spacial score (nSPS) is 12.2. The lowest BCUT2D eigenvalue weighted by atomic mass is 10.1. The fourth-order valence-electron chi connectivity index (χ4n) is 1.77. The van der Waals surface area contributed by atoms with E-state index in [0.29, 0.717) is 4.90 Å². The maximum Gasteiger partial charge on any atom is 0.240 e. The zero-order valence-electron chi connectivity index (χ0n) is 10.1. The molecule has 0 atom stereocenters. The van der Waals surface area contributed by atoms with Crippen LogP contribution in [-0.4, -0.2) is 14.5 Å². The predicted octanol–water partition coefficient (Wildman–Crippen LogP) is 3.29. The van der Waals surface area contributed by atoms with Crippen LogP contribution in [0.15, 0.2) is 45.8 Å². The van der Waals surface area contributed by atoms with Gasteiger partial charge in [-0.3, -0.25) is 0 Å². The van der Waals surface area contributed by atoms with Crippen molar-refractivity contribution in [3.63, 3.8) is 0 Å². The Morgan fingerprint density at radius 3 is 2.56 bits per heavy atom. The molecule has 0 aromatic heterocycles. The van der Waals surface area contributed by atoms with Gasteiger partial charge in [0.1, 0.15) is 0 Å². The maximum atomic E-state index is 12.0. The molecule has 0 spiro atoms. The first-order chi connectivity index (χ1) is 8.40. The zero-order valence-corrected chi connectivity index (χ0v) is 12.5. The van der Waals surface area contributed by atoms with E-state index in [9.17, 15) is 8.42 Å². The van der Waals surface area contributed by atoms with Crippen molar-refractivity contribution in [1.82, 2.24) is 4.72 Å². The highest BCUT2D eigenvalue weighted by Gasteiger charge is 2.15. The fraction of sp³-hybridized carbons (Fsp3) is 0.231. The minimum absolute atomic E-state index is 0.117. The molecule has 0 heterocycles. The van der Waals surface area contributed by atoms with Crippen LogP contribution in [0.25, 0.3) is 10.8 Å². The van der Waals surface area contributed by atoms with Gasteiger partial charge in [-0.05, 0) is 42.8 Å². The molecular formula is C13H14BrNO2S. The second-order valence-electron chi connectivity index (χ2n) is 4.40. The molecule has 0 bridgehead atoms. The van der Waals surface area contributed by atoms with Crippen LogP contribution >= 0.6 is 15.9 Å². The Labute approximate surface area is 115 Å². The highest BCUT2D eigenvalue weighted by molar-refractivity contribution is 9.10. The van der Waals surface area contributed by atoms with Crippen LogP contribution in [0, 0.1) is 0 Å². The first kappa shape index (κ1) is 13.5.